The number of carbonyl (C=O) groups is 3. The number of aliphatic hydroxyl groups is 1. The van der Waals surface area contributed by atoms with Crippen molar-refractivity contribution in [3.63, 3.8) is 0 Å². The first-order chi connectivity index (χ1) is 43.7. The lowest BCUT2D eigenvalue weighted by atomic mass is 9.74. The van der Waals surface area contributed by atoms with E-state index in [0.29, 0.717) is 97.6 Å². The minimum atomic E-state index is -1.61. The fourth-order valence-corrected chi connectivity index (χ4v) is 14.3. The number of amides is 3. The Balaban J connectivity index is 0.000000184. The second-order valence-corrected chi connectivity index (χ2v) is 30.5. The second-order valence-electron chi connectivity index (χ2n) is 25.7. The average Bonchev–Trinajstić information content (AvgIpc) is 1.76. The molecule has 4 aromatic heterocycles. The van der Waals surface area contributed by atoms with Crippen molar-refractivity contribution in [1.29, 1.82) is 0 Å². The van der Waals surface area contributed by atoms with Crippen LogP contribution in [-0.2, 0) is 60.7 Å². The largest absolute Gasteiger partial charge is 0.488 e. The molecular weight excluding hydrogens is 1380 g/mol. The highest BCUT2D eigenvalue weighted by molar-refractivity contribution is 9.10. The number of halogens is 5. The van der Waals surface area contributed by atoms with E-state index in [2.05, 4.69) is 48.9 Å². The summed E-state index contributed by atoms with van der Waals surface area (Å²) in [4.78, 5) is 61.2. The smallest absolute Gasteiger partial charge is 0.444 e. The van der Waals surface area contributed by atoms with Crippen LogP contribution in [-0.4, -0.2) is 169 Å². The molecule has 0 spiro atoms. The fourth-order valence-electron chi connectivity index (χ4n) is 10.5. The van der Waals surface area contributed by atoms with Crippen LogP contribution in [0.5, 0.6) is 0 Å². The number of hydrogen-bond acceptors (Lipinski definition) is 18. The van der Waals surface area contributed by atoms with E-state index in [-0.39, 0.29) is 43.2 Å². The number of rotatable bonds is 10. The van der Waals surface area contributed by atoms with Crippen LogP contribution in [0.15, 0.2) is 65.7 Å². The van der Waals surface area contributed by atoms with Crippen LogP contribution in [0, 0.1) is 20.8 Å². The lowest BCUT2D eigenvalue weighted by Crippen LogP contribution is -2.48. The molecule has 0 saturated carbocycles. The number of aliphatic hydroxyl groups excluding tert-OH is 1. The van der Waals surface area contributed by atoms with E-state index in [1.165, 1.54) is 28.9 Å². The third kappa shape index (κ3) is 22.3. The molecule has 3 aromatic carbocycles. The molecule has 93 heavy (non-hydrogen) atoms. The minimum Gasteiger partial charge on any atom is -0.444 e. The van der Waals surface area contributed by atoms with Crippen molar-refractivity contribution in [2.24, 2.45) is 0 Å². The highest BCUT2D eigenvalue weighted by atomic mass is 79.9. The highest BCUT2D eigenvalue weighted by Crippen LogP contribution is 2.38. The predicted octanol–water partition coefficient (Wildman–Crippen LogP) is 14.0. The van der Waals surface area contributed by atoms with Gasteiger partial charge in [0, 0.05) is 73.8 Å². The summed E-state index contributed by atoms with van der Waals surface area (Å²) in [6.45, 7) is 29.0. The van der Waals surface area contributed by atoms with Crippen molar-refractivity contribution in [2.45, 2.75) is 157 Å². The Bertz CT molecular complexity index is 3710. The van der Waals surface area contributed by atoms with E-state index in [0.717, 1.165) is 87.3 Å². The quantitative estimate of drug-likeness (QED) is 0.0657. The average molecular weight is 1460 g/mol. The number of benzene rings is 3. The van der Waals surface area contributed by atoms with Crippen LogP contribution in [0.4, 0.5) is 14.4 Å². The fraction of sp³-hybridized carbons (Fsp3) is 0.500. The van der Waals surface area contributed by atoms with Crippen LogP contribution in [0.3, 0.4) is 0 Å². The number of ether oxygens (including phenoxy) is 6. The molecule has 3 aliphatic heterocycles. The summed E-state index contributed by atoms with van der Waals surface area (Å²) in [6.07, 6.45) is 4.38. The Labute approximate surface area is 581 Å². The molecule has 7 aromatic rings. The molecule has 3 fully saturated rings. The molecule has 0 radical (unpaired) electrons. The van der Waals surface area contributed by atoms with Gasteiger partial charge < -0.3 is 58.3 Å². The molecule has 3 amide bonds. The summed E-state index contributed by atoms with van der Waals surface area (Å²) in [5.74, 6) is 0. The molecule has 0 bridgehead atoms. The molecule has 10 rings (SSSR count). The van der Waals surface area contributed by atoms with Gasteiger partial charge in [0.1, 0.15) is 34.6 Å². The second kappa shape index (κ2) is 33.3. The summed E-state index contributed by atoms with van der Waals surface area (Å²) in [5, 5.41) is 31.2. The van der Waals surface area contributed by atoms with Crippen molar-refractivity contribution < 1.29 is 58.0 Å². The van der Waals surface area contributed by atoms with Gasteiger partial charge in [0.25, 0.3) is 0 Å². The van der Waals surface area contributed by atoms with Gasteiger partial charge in [-0.25, -0.2) is 34.3 Å². The number of aryl methyl sites for hydroxylation is 4. The van der Waals surface area contributed by atoms with Gasteiger partial charge in [0.15, 0.2) is 0 Å². The lowest BCUT2D eigenvalue weighted by molar-refractivity contribution is -0.0416. The summed E-state index contributed by atoms with van der Waals surface area (Å²) in [5.41, 5.74) is 8.22. The number of aromatic nitrogens is 4. The van der Waals surface area contributed by atoms with Crippen LogP contribution in [0.25, 0.3) is 31.7 Å². The van der Waals surface area contributed by atoms with E-state index in [9.17, 15) is 29.5 Å². The lowest BCUT2D eigenvalue weighted by Gasteiger charge is -2.34. The summed E-state index contributed by atoms with van der Waals surface area (Å²) >= 11 is 31.1. The van der Waals surface area contributed by atoms with E-state index in [1.807, 2.05) is 113 Å². The minimum absolute atomic E-state index is 0.0433. The van der Waals surface area contributed by atoms with Crippen LogP contribution < -0.4 is 5.46 Å². The number of fused-ring (bicyclic) bond motifs is 2. The predicted molar refractivity (Wildman–Crippen MR) is 374 cm³/mol. The molecule has 19 nitrogen and oxygen atoms in total. The monoisotopic (exact) mass is 1460 g/mol. The van der Waals surface area contributed by atoms with Crippen LogP contribution in [0.2, 0.25) is 20.2 Å². The maximum absolute atomic E-state index is 12.6. The van der Waals surface area contributed by atoms with E-state index in [1.54, 1.807) is 38.2 Å². The first-order valence-electron chi connectivity index (χ1n) is 30.6. The van der Waals surface area contributed by atoms with Gasteiger partial charge in [-0.2, -0.15) is 0 Å². The first-order valence-corrected chi connectivity index (χ1v) is 34.5. The third-order valence-electron chi connectivity index (χ3n) is 14.7. The van der Waals surface area contributed by atoms with Gasteiger partial charge in [-0.15, -0.1) is 22.7 Å². The Hall–Kier alpha value is -4.99. The molecule has 3 N–H and O–H groups in total. The zero-order valence-electron chi connectivity index (χ0n) is 54.8. The van der Waals surface area contributed by atoms with Gasteiger partial charge in [-0.1, -0.05) is 69.3 Å². The maximum atomic E-state index is 12.6. The topological polar surface area (TPSA) is 229 Å². The molecule has 7 heterocycles. The Kier molecular flexibility index (Phi) is 27.0. The molecule has 0 aliphatic carbocycles. The van der Waals surface area contributed by atoms with Crippen molar-refractivity contribution in [3.8, 4) is 11.3 Å². The van der Waals surface area contributed by atoms with E-state index >= 15 is 0 Å². The van der Waals surface area contributed by atoms with Crippen molar-refractivity contribution in [3.05, 3.63) is 129 Å². The molecule has 504 valence electrons. The Morgan fingerprint density at radius 2 is 0.989 bits per heavy atom. The number of morpholine rings is 3. The van der Waals surface area contributed by atoms with Crippen molar-refractivity contribution in [1.82, 2.24) is 34.6 Å². The van der Waals surface area contributed by atoms with Crippen LogP contribution in [0.1, 0.15) is 112 Å². The maximum Gasteiger partial charge on any atom is 0.488 e. The molecule has 3 unspecified atom stereocenters. The molecule has 3 aliphatic rings. The number of hydrogen-bond donors (Lipinski definition) is 3. The Morgan fingerprint density at radius 3 is 1.44 bits per heavy atom. The zero-order chi connectivity index (χ0) is 68.3. The van der Waals surface area contributed by atoms with Gasteiger partial charge in [0.05, 0.1) is 90.5 Å². The summed E-state index contributed by atoms with van der Waals surface area (Å²) in [7, 11) is -1.61. The normalized spacial score (nSPS) is 17.0. The third-order valence-corrected chi connectivity index (χ3v) is 18.8. The molecule has 3 atom stereocenters. The first kappa shape index (κ1) is 75.4. The van der Waals surface area contributed by atoms with Gasteiger partial charge in [0.2, 0.25) is 0 Å². The number of carbonyl (C=O) groups excluding carboxylic acids is 3. The van der Waals surface area contributed by atoms with Crippen LogP contribution >= 0.6 is 85.0 Å². The van der Waals surface area contributed by atoms with Gasteiger partial charge in [-0.05, 0) is 177 Å². The molecular formula is C66H83BBrCl4N7O12S2. The molecule has 3 saturated heterocycles. The standard InChI is InChI=1S/C24H28ClN3O4S.C17H25BClNO5.C17H23BrClNO3.C8H7ClN2S/c1-14-7-15(25)8-19(21-22-20(26-13-27-21)10-17(12-29)33-22)18(14)9-16-11-28(5-6-31-16)23(30)32-24(2,3)4;1-11-7-12(19)8-15(18(22)23)14(11)9-13-10-20(5-6-24-13)16(21)25-17(2,3)4;1-11-7-12(19)8-15(18)14(11)9-13-10-20(5-6-22-13)16(21)23-17(2,3)4;1-2-5-3-6-7(12-5)8(9)11-4-10-6/h7-8,10,13,16,29H,5-6,9,11-12H2,1-4H3;7-8,13,22-23H,5-6,9-10H2,1-4H3;7-8,13H,5-6,9-10H2,1-4H3;3-4H,2H2,1H3. The highest BCUT2D eigenvalue weighted by Gasteiger charge is 2.33. The summed E-state index contributed by atoms with van der Waals surface area (Å²) in [6, 6.07) is 14.9. The van der Waals surface area contributed by atoms with Gasteiger partial charge in [-0.3, -0.25) is 0 Å². The number of thiophene rings is 2. The number of nitrogens with zero attached hydrogens (tertiary/aromatic N) is 7. The summed E-state index contributed by atoms with van der Waals surface area (Å²) < 4.78 is 36.9. The van der Waals surface area contributed by atoms with Crippen molar-refractivity contribution >= 4 is 136 Å². The van der Waals surface area contributed by atoms with Gasteiger partial charge >= 0.3 is 25.4 Å². The van der Waals surface area contributed by atoms with E-state index in [4.69, 9.17) is 74.8 Å². The molecule has 27 heteroatoms. The van der Waals surface area contributed by atoms with E-state index < -0.39 is 23.9 Å². The zero-order valence-corrected chi connectivity index (χ0v) is 61.1. The SMILES string of the molecule is CCc1cc2ncnc(Cl)c2s1.Cc1cc(Cl)cc(-c2ncnc3cc(CO)sc23)c1CC1CN(C(=O)OC(C)(C)C)CCO1.Cc1cc(Cl)cc(B(O)O)c1CC1CN(C(=O)OC(C)(C)C)CCO1.Cc1cc(Cl)cc(Br)c1CC1CN(C(=O)OC(C)(C)C)CCO1. The van der Waals surface area contributed by atoms with Crippen molar-refractivity contribution in [2.75, 3.05) is 59.1 Å². The Morgan fingerprint density at radius 1 is 0.581 bits per heavy atom.